The SMILES string of the molecule is C=C([C@H](C)[C@@H](C#N)NC(=O)OC(C)(C)C)[Si](C)(C)c1ccccc1. The highest BCUT2D eigenvalue weighted by Crippen LogP contribution is 2.24. The van der Waals surface area contributed by atoms with Crippen molar-refractivity contribution in [2.75, 3.05) is 0 Å². The van der Waals surface area contributed by atoms with Crippen LogP contribution in [0.5, 0.6) is 0 Å². The maximum Gasteiger partial charge on any atom is 0.408 e. The highest BCUT2D eigenvalue weighted by atomic mass is 28.3. The number of ether oxygens (including phenoxy) is 1. The van der Waals surface area contributed by atoms with E-state index in [0.29, 0.717) is 0 Å². The predicted molar refractivity (Wildman–Crippen MR) is 101 cm³/mol. The standard InChI is InChI=1S/C19H28N2O2Si/c1-14(17(13-20)21-18(22)23-19(3,4)5)15(2)24(6,7)16-11-9-8-10-12-16/h8-12,14,17H,2H2,1,3-7H3,(H,21,22)/t14-,17+/m0/s1. The number of hydrogen-bond acceptors (Lipinski definition) is 3. The Morgan fingerprint density at radius 3 is 2.29 bits per heavy atom. The molecular weight excluding hydrogens is 316 g/mol. The quantitative estimate of drug-likeness (QED) is 0.828. The minimum atomic E-state index is -1.96. The zero-order valence-electron chi connectivity index (χ0n) is 15.5. The topological polar surface area (TPSA) is 62.1 Å². The minimum Gasteiger partial charge on any atom is -0.444 e. The van der Waals surface area contributed by atoms with Crippen LogP contribution in [-0.4, -0.2) is 25.8 Å². The number of alkyl carbamates (subject to hydrolysis) is 1. The summed E-state index contributed by atoms with van der Waals surface area (Å²) in [5.74, 6) is -0.163. The van der Waals surface area contributed by atoms with Crippen LogP contribution in [0.2, 0.25) is 13.1 Å². The van der Waals surface area contributed by atoms with Crippen LogP contribution in [0.4, 0.5) is 4.79 Å². The molecule has 1 amide bonds. The molecule has 2 atom stereocenters. The van der Waals surface area contributed by atoms with Crippen molar-refractivity contribution in [3.63, 3.8) is 0 Å². The van der Waals surface area contributed by atoms with E-state index in [4.69, 9.17) is 4.74 Å². The van der Waals surface area contributed by atoms with Crippen molar-refractivity contribution in [3.8, 4) is 6.07 Å². The van der Waals surface area contributed by atoms with Crippen LogP contribution in [0.1, 0.15) is 27.7 Å². The van der Waals surface area contributed by atoms with E-state index < -0.39 is 25.8 Å². The van der Waals surface area contributed by atoms with Gasteiger partial charge in [-0.2, -0.15) is 5.26 Å². The molecule has 0 saturated heterocycles. The van der Waals surface area contributed by atoms with E-state index in [-0.39, 0.29) is 5.92 Å². The summed E-state index contributed by atoms with van der Waals surface area (Å²) >= 11 is 0. The zero-order chi connectivity index (χ0) is 18.5. The van der Waals surface area contributed by atoms with Crippen LogP contribution in [-0.2, 0) is 4.74 Å². The first-order chi connectivity index (χ1) is 11.0. The minimum absolute atomic E-state index is 0.163. The van der Waals surface area contributed by atoms with Gasteiger partial charge in [0.25, 0.3) is 0 Å². The number of carbonyl (C=O) groups is 1. The molecule has 24 heavy (non-hydrogen) atoms. The summed E-state index contributed by atoms with van der Waals surface area (Å²) in [7, 11) is -1.96. The molecule has 0 fully saturated rings. The third kappa shape index (κ3) is 5.24. The van der Waals surface area contributed by atoms with Crippen LogP contribution in [0, 0.1) is 17.2 Å². The first-order valence-electron chi connectivity index (χ1n) is 8.13. The molecule has 0 heterocycles. The largest absolute Gasteiger partial charge is 0.444 e. The first-order valence-corrected chi connectivity index (χ1v) is 11.1. The molecule has 4 nitrogen and oxygen atoms in total. The molecule has 0 bridgehead atoms. The van der Waals surface area contributed by atoms with Gasteiger partial charge in [0.1, 0.15) is 19.7 Å². The third-order valence-corrected chi connectivity index (χ3v) is 8.00. The van der Waals surface area contributed by atoms with Crippen molar-refractivity contribution in [3.05, 3.63) is 42.1 Å². The fraction of sp³-hybridized carbons (Fsp3) is 0.474. The lowest BCUT2D eigenvalue weighted by Crippen LogP contribution is -2.50. The molecule has 0 spiro atoms. The highest BCUT2D eigenvalue weighted by molar-refractivity contribution is 6.95. The molecule has 0 aliphatic heterocycles. The Kier molecular flexibility index (Phi) is 6.39. The van der Waals surface area contributed by atoms with Gasteiger partial charge in [0.05, 0.1) is 6.07 Å². The Bertz CT molecular complexity index is 627. The molecule has 0 unspecified atom stereocenters. The molecule has 0 aliphatic rings. The fourth-order valence-corrected chi connectivity index (χ4v) is 5.22. The van der Waals surface area contributed by atoms with Crippen molar-refractivity contribution in [1.82, 2.24) is 5.32 Å². The smallest absolute Gasteiger partial charge is 0.408 e. The summed E-state index contributed by atoms with van der Waals surface area (Å²) in [5, 5.41) is 14.4. The van der Waals surface area contributed by atoms with Gasteiger partial charge in [-0.15, -0.1) is 6.58 Å². The molecule has 0 aromatic heterocycles. The van der Waals surface area contributed by atoms with Crippen molar-refractivity contribution in [1.29, 1.82) is 5.26 Å². The monoisotopic (exact) mass is 344 g/mol. The summed E-state index contributed by atoms with van der Waals surface area (Å²) in [6, 6.07) is 11.7. The summed E-state index contributed by atoms with van der Waals surface area (Å²) in [4.78, 5) is 12.0. The third-order valence-electron chi connectivity index (χ3n) is 4.16. The number of rotatable bonds is 5. The summed E-state index contributed by atoms with van der Waals surface area (Å²) in [6.07, 6.45) is -0.576. The summed E-state index contributed by atoms with van der Waals surface area (Å²) in [6.45, 7) is 16.0. The number of nitriles is 1. The van der Waals surface area contributed by atoms with Crippen molar-refractivity contribution >= 4 is 19.4 Å². The lowest BCUT2D eigenvalue weighted by Gasteiger charge is -2.32. The average Bonchev–Trinajstić information content (AvgIpc) is 2.50. The number of amides is 1. The van der Waals surface area contributed by atoms with Gasteiger partial charge in [-0.1, -0.05) is 60.7 Å². The molecule has 1 aromatic rings. The van der Waals surface area contributed by atoms with E-state index >= 15 is 0 Å². The molecule has 1 N–H and O–H groups in total. The van der Waals surface area contributed by atoms with Crippen LogP contribution in [0.3, 0.4) is 0 Å². The summed E-state index contributed by atoms with van der Waals surface area (Å²) < 4.78 is 5.25. The van der Waals surface area contributed by atoms with Crippen molar-refractivity contribution in [2.24, 2.45) is 5.92 Å². The first kappa shape index (κ1) is 20.0. The van der Waals surface area contributed by atoms with Gasteiger partial charge < -0.3 is 10.1 Å². The number of nitrogens with one attached hydrogen (secondary N) is 1. The van der Waals surface area contributed by atoms with Crippen LogP contribution in [0.15, 0.2) is 42.1 Å². The lowest BCUT2D eigenvalue weighted by atomic mass is 10.0. The Labute approximate surface area is 146 Å². The zero-order valence-corrected chi connectivity index (χ0v) is 16.5. The fourth-order valence-electron chi connectivity index (χ4n) is 2.51. The van der Waals surface area contributed by atoms with Gasteiger partial charge in [-0.05, 0) is 20.8 Å². The van der Waals surface area contributed by atoms with Gasteiger partial charge in [0, 0.05) is 5.92 Å². The van der Waals surface area contributed by atoms with E-state index in [1.807, 2.05) is 25.1 Å². The number of hydrogen-bond donors (Lipinski definition) is 1. The lowest BCUT2D eigenvalue weighted by molar-refractivity contribution is 0.0508. The van der Waals surface area contributed by atoms with Crippen LogP contribution >= 0.6 is 0 Å². The molecular formula is C19H28N2O2Si. The maximum atomic E-state index is 12.0. The van der Waals surface area contributed by atoms with Crippen molar-refractivity contribution < 1.29 is 9.53 Å². The molecule has 1 aromatic carbocycles. The second kappa shape index (κ2) is 7.67. The van der Waals surface area contributed by atoms with E-state index in [9.17, 15) is 10.1 Å². The van der Waals surface area contributed by atoms with E-state index in [1.54, 1.807) is 20.8 Å². The summed E-state index contributed by atoms with van der Waals surface area (Å²) in [5.41, 5.74) is -0.595. The second-order valence-electron chi connectivity index (χ2n) is 7.56. The second-order valence-corrected chi connectivity index (χ2v) is 12.0. The maximum absolute atomic E-state index is 12.0. The van der Waals surface area contributed by atoms with E-state index in [2.05, 4.69) is 43.2 Å². The highest BCUT2D eigenvalue weighted by Gasteiger charge is 2.34. The number of nitrogens with zero attached hydrogens (tertiary/aromatic N) is 1. The Morgan fingerprint density at radius 2 is 1.83 bits per heavy atom. The van der Waals surface area contributed by atoms with Crippen molar-refractivity contribution in [2.45, 2.75) is 52.4 Å². The molecule has 5 heteroatoms. The van der Waals surface area contributed by atoms with E-state index in [1.165, 1.54) is 5.19 Å². The molecule has 0 saturated carbocycles. The Hall–Kier alpha value is -2.06. The van der Waals surface area contributed by atoms with Gasteiger partial charge in [0.2, 0.25) is 0 Å². The number of carbonyl (C=O) groups excluding carboxylic acids is 1. The molecule has 0 aliphatic carbocycles. The normalized spacial score (nSPS) is 14.2. The molecule has 1 rings (SSSR count). The number of benzene rings is 1. The average molecular weight is 345 g/mol. The van der Waals surface area contributed by atoms with Crippen LogP contribution < -0.4 is 10.5 Å². The van der Waals surface area contributed by atoms with Gasteiger partial charge >= 0.3 is 6.09 Å². The Morgan fingerprint density at radius 1 is 1.29 bits per heavy atom. The van der Waals surface area contributed by atoms with E-state index in [0.717, 1.165) is 5.20 Å². The Balaban J connectivity index is 2.89. The molecule has 130 valence electrons. The van der Waals surface area contributed by atoms with Gasteiger partial charge in [-0.3, -0.25) is 0 Å². The van der Waals surface area contributed by atoms with Gasteiger partial charge in [-0.25, -0.2) is 4.79 Å². The van der Waals surface area contributed by atoms with Gasteiger partial charge in [0.15, 0.2) is 0 Å². The molecule has 0 radical (unpaired) electrons. The predicted octanol–water partition coefficient (Wildman–Crippen LogP) is 3.75. The van der Waals surface area contributed by atoms with Crippen LogP contribution in [0.25, 0.3) is 0 Å².